The summed E-state index contributed by atoms with van der Waals surface area (Å²) >= 11 is 0. The minimum atomic E-state index is -3.14. The number of rotatable bonds is 7. The summed E-state index contributed by atoms with van der Waals surface area (Å²) in [5.41, 5.74) is 0.699. The largest absolute Gasteiger partial charge is 0.432 e. The summed E-state index contributed by atoms with van der Waals surface area (Å²) < 4.78 is 36.2. The van der Waals surface area contributed by atoms with Gasteiger partial charge in [-0.2, -0.15) is 8.78 Å². The van der Waals surface area contributed by atoms with Crippen molar-refractivity contribution in [3.05, 3.63) is 30.6 Å². The molecule has 2 aliphatic carbocycles. The average molecular weight is 419 g/mol. The maximum atomic E-state index is 14.8. The lowest BCUT2D eigenvalue weighted by atomic mass is 9.68. The van der Waals surface area contributed by atoms with Crippen LogP contribution in [0.1, 0.15) is 71.1 Å². The molecule has 30 heavy (non-hydrogen) atoms. The fourth-order valence-electron chi connectivity index (χ4n) is 5.47. The van der Waals surface area contributed by atoms with E-state index >= 15 is 0 Å². The van der Waals surface area contributed by atoms with Crippen LogP contribution in [0.2, 0.25) is 0 Å². The lowest BCUT2D eigenvalue weighted by molar-refractivity contribution is -0.224. The van der Waals surface area contributed by atoms with E-state index in [-0.39, 0.29) is 5.75 Å². The van der Waals surface area contributed by atoms with Crippen LogP contribution in [0, 0.1) is 23.7 Å². The molecule has 2 fully saturated rings. The Balaban J connectivity index is 1.27. The zero-order valence-electron chi connectivity index (χ0n) is 17.7. The molecule has 0 spiro atoms. The van der Waals surface area contributed by atoms with E-state index in [1.165, 1.54) is 49.5 Å². The van der Waals surface area contributed by atoms with Crippen molar-refractivity contribution in [3.8, 4) is 11.4 Å². The molecule has 5 nitrogen and oxygen atoms in total. The van der Waals surface area contributed by atoms with Crippen LogP contribution >= 0.6 is 0 Å². The van der Waals surface area contributed by atoms with Gasteiger partial charge in [0.1, 0.15) is 12.1 Å². The number of hydrogen-bond acceptors (Lipinski definition) is 4. The third-order valence-corrected chi connectivity index (χ3v) is 7.21. The molecule has 0 N–H and O–H groups in total. The molecule has 4 rings (SSSR count). The zero-order chi connectivity index (χ0) is 21.0. The summed E-state index contributed by atoms with van der Waals surface area (Å²) in [6, 6.07) is 6.44. The molecule has 2 saturated carbocycles. The van der Waals surface area contributed by atoms with E-state index in [9.17, 15) is 8.78 Å². The van der Waals surface area contributed by atoms with Gasteiger partial charge in [-0.1, -0.05) is 32.6 Å². The third-order valence-electron chi connectivity index (χ3n) is 7.21. The van der Waals surface area contributed by atoms with Crippen molar-refractivity contribution in [2.75, 3.05) is 0 Å². The molecule has 0 amide bonds. The number of tetrazole rings is 1. The molecule has 0 aliphatic heterocycles. The van der Waals surface area contributed by atoms with Gasteiger partial charge in [0.15, 0.2) is 0 Å². The van der Waals surface area contributed by atoms with Crippen LogP contribution in [0.3, 0.4) is 0 Å². The summed E-state index contributed by atoms with van der Waals surface area (Å²) in [5, 5.41) is 10.9. The van der Waals surface area contributed by atoms with Crippen LogP contribution in [0.25, 0.3) is 5.69 Å². The molecule has 0 bridgehead atoms. The summed E-state index contributed by atoms with van der Waals surface area (Å²) in [5.74, 6) is 1.73. The Morgan fingerprint density at radius 1 is 0.967 bits per heavy atom. The van der Waals surface area contributed by atoms with E-state index in [4.69, 9.17) is 4.74 Å². The third kappa shape index (κ3) is 4.98. The van der Waals surface area contributed by atoms with Gasteiger partial charge >= 0.3 is 6.11 Å². The van der Waals surface area contributed by atoms with Crippen LogP contribution in [-0.2, 0) is 0 Å². The van der Waals surface area contributed by atoms with Crippen LogP contribution < -0.4 is 4.74 Å². The van der Waals surface area contributed by atoms with Crippen LogP contribution in [0.15, 0.2) is 30.6 Å². The van der Waals surface area contributed by atoms with Crippen LogP contribution in [0.4, 0.5) is 8.78 Å². The standard InChI is InChI=1S/C23H32F2N4O/c1-2-3-17-4-6-18(7-5-17)19-8-10-20(11-9-19)23(24,25)30-22-14-12-21(13-15-22)29-16-26-27-28-29/h12-20H,2-11H2,1H3. The van der Waals surface area contributed by atoms with Crippen LogP contribution in [0.5, 0.6) is 5.75 Å². The monoisotopic (exact) mass is 418 g/mol. The first-order valence-electron chi connectivity index (χ1n) is 11.5. The highest BCUT2D eigenvalue weighted by Crippen LogP contribution is 2.45. The smallest absolute Gasteiger partial charge is 0.400 e. The fourth-order valence-corrected chi connectivity index (χ4v) is 5.47. The zero-order valence-corrected chi connectivity index (χ0v) is 17.7. The second-order valence-corrected chi connectivity index (χ2v) is 9.09. The van der Waals surface area contributed by atoms with E-state index < -0.39 is 12.0 Å². The molecular weight excluding hydrogens is 386 g/mol. The predicted octanol–water partition coefficient (Wildman–Crippen LogP) is 6.05. The van der Waals surface area contributed by atoms with E-state index in [0.717, 1.165) is 24.7 Å². The normalized spacial score (nSPS) is 27.7. The van der Waals surface area contributed by atoms with Gasteiger partial charge in [-0.3, -0.25) is 0 Å². The summed E-state index contributed by atoms with van der Waals surface area (Å²) in [6.45, 7) is 2.26. The Hall–Kier alpha value is -2.05. The Labute approximate surface area is 177 Å². The Morgan fingerprint density at radius 2 is 1.60 bits per heavy atom. The van der Waals surface area contributed by atoms with Gasteiger partial charge in [-0.15, -0.1) is 5.10 Å². The fraction of sp³-hybridized carbons (Fsp3) is 0.696. The van der Waals surface area contributed by atoms with E-state index in [1.807, 2.05) is 0 Å². The molecule has 1 aromatic carbocycles. The highest BCUT2D eigenvalue weighted by Gasteiger charge is 2.45. The van der Waals surface area contributed by atoms with Crippen molar-refractivity contribution in [1.82, 2.24) is 20.2 Å². The molecule has 1 heterocycles. The van der Waals surface area contributed by atoms with Crippen molar-refractivity contribution >= 4 is 0 Å². The summed E-state index contributed by atoms with van der Waals surface area (Å²) in [6.07, 6.45) is 9.10. The SMILES string of the molecule is CCCC1CCC(C2CCC(C(F)(F)Oc3ccc(-n4cnnn4)cc3)CC2)CC1. The lowest BCUT2D eigenvalue weighted by Gasteiger charge is -2.39. The highest BCUT2D eigenvalue weighted by molar-refractivity contribution is 5.36. The second-order valence-electron chi connectivity index (χ2n) is 9.09. The molecule has 7 heteroatoms. The van der Waals surface area contributed by atoms with Crippen LogP contribution in [-0.4, -0.2) is 26.3 Å². The topological polar surface area (TPSA) is 52.8 Å². The van der Waals surface area contributed by atoms with E-state index in [0.29, 0.717) is 24.4 Å². The number of aromatic nitrogens is 4. The quantitative estimate of drug-likeness (QED) is 0.549. The first-order valence-corrected chi connectivity index (χ1v) is 11.5. The van der Waals surface area contributed by atoms with Crippen molar-refractivity contribution < 1.29 is 13.5 Å². The first kappa shape index (κ1) is 21.2. The molecule has 1 aromatic heterocycles. The van der Waals surface area contributed by atoms with Crippen molar-refractivity contribution in [2.24, 2.45) is 23.7 Å². The molecule has 0 atom stereocenters. The number of nitrogens with zero attached hydrogens (tertiary/aromatic N) is 4. The maximum Gasteiger partial charge on any atom is 0.400 e. The van der Waals surface area contributed by atoms with Gasteiger partial charge in [-0.05, 0) is 91.0 Å². The minimum Gasteiger partial charge on any atom is -0.432 e. The van der Waals surface area contributed by atoms with Gasteiger partial charge in [0.25, 0.3) is 0 Å². The molecular formula is C23H32F2N4O. The lowest BCUT2D eigenvalue weighted by Crippen LogP contribution is -2.38. The molecule has 2 aromatic rings. The van der Waals surface area contributed by atoms with Gasteiger partial charge in [0, 0.05) is 0 Å². The minimum absolute atomic E-state index is 0.174. The van der Waals surface area contributed by atoms with Crippen molar-refractivity contribution in [1.29, 1.82) is 0 Å². The van der Waals surface area contributed by atoms with Gasteiger partial charge in [0.05, 0.1) is 11.6 Å². The Kier molecular flexibility index (Phi) is 6.64. The number of halogens is 2. The van der Waals surface area contributed by atoms with Crippen molar-refractivity contribution in [3.63, 3.8) is 0 Å². The first-order chi connectivity index (χ1) is 14.5. The Morgan fingerprint density at radius 3 is 2.17 bits per heavy atom. The van der Waals surface area contributed by atoms with Gasteiger partial charge in [-0.25, -0.2) is 4.68 Å². The van der Waals surface area contributed by atoms with Gasteiger partial charge < -0.3 is 4.74 Å². The Bertz CT molecular complexity index is 765. The number of hydrogen-bond donors (Lipinski definition) is 0. The second kappa shape index (κ2) is 9.40. The maximum absolute atomic E-state index is 14.8. The molecule has 0 unspecified atom stereocenters. The molecule has 0 saturated heterocycles. The highest BCUT2D eigenvalue weighted by atomic mass is 19.3. The van der Waals surface area contributed by atoms with Crippen molar-refractivity contribution in [2.45, 2.75) is 77.2 Å². The summed E-state index contributed by atoms with van der Waals surface area (Å²) in [7, 11) is 0. The molecule has 0 radical (unpaired) electrons. The van der Waals surface area contributed by atoms with E-state index in [2.05, 4.69) is 22.4 Å². The predicted molar refractivity (Wildman–Crippen MR) is 111 cm³/mol. The summed E-state index contributed by atoms with van der Waals surface area (Å²) in [4.78, 5) is 0. The number of alkyl halides is 2. The van der Waals surface area contributed by atoms with Gasteiger partial charge in [0.2, 0.25) is 0 Å². The average Bonchev–Trinajstić information content (AvgIpc) is 3.30. The molecule has 2 aliphatic rings. The molecule has 164 valence electrons. The number of ether oxygens (including phenoxy) is 1. The number of benzene rings is 1. The van der Waals surface area contributed by atoms with E-state index in [1.54, 1.807) is 24.3 Å².